The summed E-state index contributed by atoms with van der Waals surface area (Å²) < 4.78 is 4.69. The van der Waals surface area contributed by atoms with E-state index in [1.54, 1.807) is 5.38 Å². The molecular weight excluding hydrogens is 260 g/mol. The number of amides is 2. The Kier molecular flexibility index (Phi) is 5.56. The number of carbonyl (C=O) groups is 2. The van der Waals surface area contributed by atoms with Gasteiger partial charge in [-0.2, -0.15) is 0 Å². The topological polar surface area (TPSA) is 108 Å². The molecule has 0 aliphatic rings. The fourth-order valence-electron chi connectivity index (χ4n) is 1.18. The van der Waals surface area contributed by atoms with Crippen LogP contribution in [0.4, 0.5) is 9.80 Å². The zero-order valence-corrected chi connectivity index (χ0v) is 10.5. The van der Waals surface area contributed by atoms with Crippen molar-refractivity contribution in [3.63, 3.8) is 0 Å². The predicted molar refractivity (Wildman–Crippen MR) is 66.2 cm³/mol. The van der Waals surface area contributed by atoms with Gasteiger partial charge in [0.1, 0.15) is 5.00 Å². The minimum absolute atomic E-state index is 0.0213. The molecule has 1 aromatic heterocycles. The Balaban J connectivity index is 2.45. The highest BCUT2D eigenvalue weighted by molar-refractivity contribution is 7.14. The number of hydrogen-bond donors (Lipinski definition) is 4. The number of rotatable bonds is 6. The summed E-state index contributed by atoms with van der Waals surface area (Å²) in [6.45, 7) is 0.132. The summed E-state index contributed by atoms with van der Waals surface area (Å²) in [4.78, 5) is 22.2. The third-order valence-electron chi connectivity index (χ3n) is 1.98. The van der Waals surface area contributed by atoms with E-state index in [-0.39, 0.29) is 23.7 Å². The molecule has 0 aliphatic heterocycles. The van der Waals surface area contributed by atoms with E-state index in [1.807, 2.05) is 0 Å². The molecule has 18 heavy (non-hydrogen) atoms. The maximum Gasteiger partial charge on any atom is 0.338 e. The van der Waals surface area contributed by atoms with Gasteiger partial charge in [0, 0.05) is 13.7 Å². The molecule has 0 aliphatic carbocycles. The second-order valence-electron chi connectivity index (χ2n) is 3.41. The van der Waals surface area contributed by atoms with E-state index < -0.39 is 18.1 Å². The highest BCUT2D eigenvalue weighted by Gasteiger charge is 2.14. The smallest absolute Gasteiger partial charge is 0.338 e. The molecule has 1 aromatic rings. The molecule has 0 saturated heterocycles. The Bertz CT molecular complexity index is 420. The second kappa shape index (κ2) is 6.94. The van der Waals surface area contributed by atoms with Crippen LogP contribution >= 0.6 is 11.3 Å². The lowest BCUT2D eigenvalue weighted by molar-refractivity contribution is 0.0663. The van der Waals surface area contributed by atoms with Crippen LogP contribution in [0, 0.1) is 0 Å². The van der Waals surface area contributed by atoms with Gasteiger partial charge in [0.05, 0.1) is 18.3 Å². The van der Waals surface area contributed by atoms with Crippen molar-refractivity contribution in [1.82, 2.24) is 5.32 Å². The number of carbonyl (C=O) groups excluding carboxylic acids is 1. The summed E-state index contributed by atoms with van der Waals surface area (Å²) in [7, 11) is 1.44. The second-order valence-corrected chi connectivity index (χ2v) is 4.33. The first-order valence-corrected chi connectivity index (χ1v) is 5.95. The average molecular weight is 274 g/mol. The van der Waals surface area contributed by atoms with Crippen LogP contribution in [0.5, 0.6) is 0 Å². The molecule has 4 N–H and O–H groups in total. The molecule has 1 heterocycles. The molecule has 0 aromatic carbocycles. The Morgan fingerprint density at radius 2 is 2.28 bits per heavy atom. The molecule has 7 nitrogen and oxygen atoms in total. The number of aliphatic hydroxyl groups is 1. The highest BCUT2D eigenvalue weighted by Crippen LogP contribution is 2.22. The van der Waals surface area contributed by atoms with Crippen LogP contribution in [0.1, 0.15) is 10.4 Å². The number of ether oxygens (including phenoxy) is 1. The summed E-state index contributed by atoms with van der Waals surface area (Å²) in [5.41, 5.74) is 0.0348. The van der Waals surface area contributed by atoms with Crippen LogP contribution < -0.4 is 10.6 Å². The van der Waals surface area contributed by atoms with Crippen molar-refractivity contribution in [2.75, 3.05) is 25.6 Å². The van der Waals surface area contributed by atoms with Crippen LogP contribution in [0.2, 0.25) is 0 Å². The average Bonchev–Trinajstić information content (AvgIpc) is 2.75. The molecule has 0 saturated carbocycles. The third kappa shape index (κ3) is 4.32. The molecular formula is C10H14N2O5S. The first-order valence-electron chi connectivity index (χ1n) is 5.07. The van der Waals surface area contributed by atoms with Crippen LogP contribution in [-0.4, -0.2) is 48.6 Å². The van der Waals surface area contributed by atoms with Crippen molar-refractivity contribution in [3.8, 4) is 0 Å². The van der Waals surface area contributed by atoms with Gasteiger partial charge in [0.2, 0.25) is 0 Å². The van der Waals surface area contributed by atoms with Crippen molar-refractivity contribution in [2.45, 2.75) is 6.10 Å². The number of nitrogens with one attached hydrogen (secondary N) is 2. The molecule has 1 atom stereocenters. The van der Waals surface area contributed by atoms with Crippen LogP contribution in [0.15, 0.2) is 11.4 Å². The Labute approximate surface area is 107 Å². The lowest BCUT2D eigenvalue weighted by Crippen LogP contribution is -2.37. The fourth-order valence-corrected chi connectivity index (χ4v) is 1.96. The van der Waals surface area contributed by atoms with Crippen molar-refractivity contribution < 1.29 is 24.5 Å². The molecule has 8 heteroatoms. The third-order valence-corrected chi connectivity index (χ3v) is 2.81. The van der Waals surface area contributed by atoms with Gasteiger partial charge in [-0.1, -0.05) is 0 Å². The maximum atomic E-state index is 11.4. The Morgan fingerprint density at radius 1 is 1.56 bits per heavy atom. The summed E-state index contributed by atoms with van der Waals surface area (Å²) in [5, 5.41) is 24.8. The molecule has 0 spiro atoms. The number of methoxy groups -OCH3 is 1. The first kappa shape index (κ1) is 14.4. The Hall–Kier alpha value is -1.64. The van der Waals surface area contributed by atoms with E-state index >= 15 is 0 Å². The van der Waals surface area contributed by atoms with Gasteiger partial charge < -0.3 is 20.3 Å². The van der Waals surface area contributed by atoms with Gasteiger partial charge >= 0.3 is 12.0 Å². The molecule has 1 rings (SSSR count). The zero-order valence-electron chi connectivity index (χ0n) is 9.67. The number of aliphatic hydroxyl groups excluding tert-OH is 1. The number of aromatic carboxylic acids is 1. The van der Waals surface area contributed by atoms with Gasteiger partial charge in [-0.3, -0.25) is 5.32 Å². The van der Waals surface area contributed by atoms with Crippen LogP contribution in [-0.2, 0) is 4.74 Å². The summed E-state index contributed by atoms with van der Waals surface area (Å²) >= 11 is 1.11. The van der Waals surface area contributed by atoms with Gasteiger partial charge in [0.15, 0.2) is 0 Å². The van der Waals surface area contributed by atoms with E-state index in [2.05, 4.69) is 10.6 Å². The standard InChI is InChI=1S/C10H14N2O5S/c1-17-5-6(13)4-11-10(16)12-8-7(9(14)15)2-3-18-8/h2-3,6,13H,4-5H2,1H3,(H,14,15)(H2,11,12,16). The largest absolute Gasteiger partial charge is 0.478 e. The van der Waals surface area contributed by atoms with Gasteiger partial charge in [-0.25, -0.2) is 9.59 Å². The number of carboxylic acids is 1. The number of anilines is 1. The Morgan fingerprint density at radius 3 is 2.89 bits per heavy atom. The van der Waals surface area contributed by atoms with Crippen molar-refractivity contribution in [3.05, 3.63) is 17.0 Å². The molecule has 0 bridgehead atoms. The normalized spacial score (nSPS) is 11.9. The molecule has 100 valence electrons. The number of carboxylic acid groups (broad SMARTS) is 1. The quantitative estimate of drug-likeness (QED) is 0.606. The van der Waals surface area contributed by atoms with E-state index in [0.717, 1.165) is 11.3 Å². The number of hydrogen-bond acceptors (Lipinski definition) is 5. The molecule has 2 amide bonds. The molecule has 1 unspecified atom stereocenters. The fraction of sp³-hybridized carbons (Fsp3) is 0.400. The lowest BCUT2D eigenvalue weighted by Gasteiger charge is -2.11. The maximum absolute atomic E-state index is 11.4. The minimum atomic E-state index is -1.11. The SMILES string of the molecule is COCC(O)CNC(=O)Nc1sccc1C(=O)O. The van der Waals surface area contributed by atoms with E-state index in [1.165, 1.54) is 13.2 Å². The zero-order chi connectivity index (χ0) is 13.5. The van der Waals surface area contributed by atoms with E-state index in [9.17, 15) is 14.7 Å². The monoisotopic (exact) mass is 274 g/mol. The lowest BCUT2D eigenvalue weighted by atomic mass is 10.3. The number of urea groups is 1. The van der Waals surface area contributed by atoms with Gasteiger partial charge in [-0.15, -0.1) is 11.3 Å². The van der Waals surface area contributed by atoms with E-state index in [0.29, 0.717) is 0 Å². The van der Waals surface area contributed by atoms with Crippen LogP contribution in [0.25, 0.3) is 0 Å². The number of thiophene rings is 1. The van der Waals surface area contributed by atoms with Gasteiger partial charge in [0.25, 0.3) is 0 Å². The van der Waals surface area contributed by atoms with Crippen LogP contribution in [0.3, 0.4) is 0 Å². The predicted octanol–water partition coefficient (Wildman–Crippen LogP) is 0.575. The minimum Gasteiger partial charge on any atom is -0.478 e. The van der Waals surface area contributed by atoms with Crippen molar-refractivity contribution in [1.29, 1.82) is 0 Å². The molecule has 0 fully saturated rings. The summed E-state index contributed by atoms with van der Waals surface area (Å²) in [6.07, 6.45) is -0.803. The van der Waals surface area contributed by atoms with Gasteiger partial charge in [-0.05, 0) is 11.4 Å². The van der Waals surface area contributed by atoms with Crippen molar-refractivity contribution in [2.24, 2.45) is 0 Å². The molecule has 0 radical (unpaired) electrons. The highest BCUT2D eigenvalue weighted by atomic mass is 32.1. The first-order chi connectivity index (χ1) is 8.54. The van der Waals surface area contributed by atoms with Crippen molar-refractivity contribution >= 4 is 28.3 Å². The van der Waals surface area contributed by atoms with E-state index in [4.69, 9.17) is 9.84 Å². The summed E-state index contributed by atoms with van der Waals surface area (Å²) in [5.74, 6) is -1.11. The summed E-state index contributed by atoms with van der Waals surface area (Å²) in [6, 6.07) is 0.831.